The van der Waals surface area contributed by atoms with Gasteiger partial charge in [0.25, 0.3) is 5.56 Å². The maximum atomic E-state index is 11.5. The molecule has 0 radical (unpaired) electrons. The molecular weight excluding hydrogens is 202 g/mol. The standard InChI is InChI=1S/C12H19N3O/c1-7(2)13-6-9-5-11(16)15-12(14-9)10-4-8(10)3/h5,7-8,10,13H,4,6H2,1-3H3,(H,14,15,16). The Hall–Kier alpha value is -1.16. The number of nitrogens with one attached hydrogen (secondary N) is 2. The van der Waals surface area contributed by atoms with Crippen molar-refractivity contribution in [1.82, 2.24) is 15.3 Å². The van der Waals surface area contributed by atoms with Gasteiger partial charge in [-0.3, -0.25) is 4.79 Å². The van der Waals surface area contributed by atoms with Crippen LogP contribution in [0.25, 0.3) is 0 Å². The topological polar surface area (TPSA) is 57.8 Å². The quantitative estimate of drug-likeness (QED) is 0.807. The first-order valence-electron chi connectivity index (χ1n) is 5.90. The van der Waals surface area contributed by atoms with Gasteiger partial charge in [-0.25, -0.2) is 4.98 Å². The van der Waals surface area contributed by atoms with Crippen molar-refractivity contribution in [2.45, 2.75) is 45.7 Å². The molecule has 2 rings (SSSR count). The Kier molecular flexibility index (Phi) is 3.10. The molecule has 0 aromatic carbocycles. The molecule has 2 N–H and O–H groups in total. The fourth-order valence-electron chi connectivity index (χ4n) is 1.81. The zero-order valence-electron chi connectivity index (χ0n) is 10.1. The highest BCUT2D eigenvalue weighted by atomic mass is 16.1. The minimum atomic E-state index is -0.0374. The zero-order chi connectivity index (χ0) is 11.7. The van der Waals surface area contributed by atoms with Crippen molar-refractivity contribution in [2.24, 2.45) is 5.92 Å². The second-order valence-corrected chi connectivity index (χ2v) is 4.98. The van der Waals surface area contributed by atoms with E-state index in [4.69, 9.17) is 0 Å². The molecule has 0 aliphatic heterocycles. The average Bonchev–Trinajstić information content (AvgIpc) is 2.92. The first-order valence-corrected chi connectivity index (χ1v) is 5.90. The van der Waals surface area contributed by atoms with Crippen molar-refractivity contribution in [3.63, 3.8) is 0 Å². The highest BCUT2D eigenvalue weighted by Gasteiger charge is 2.36. The Morgan fingerprint density at radius 3 is 2.88 bits per heavy atom. The first kappa shape index (κ1) is 11.3. The Bertz CT molecular complexity index is 425. The highest BCUT2D eigenvalue weighted by molar-refractivity contribution is 5.12. The Labute approximate surface area is 95.5 Å². The van der Waals surface area contributed by atoms with Gasteiger partial charge in [-0.1, -0.05) is 20.8 Å². The summed E-state index contributed by atoms with van der Waals surface area (Å²) in [4.78, 5) is 18.8. The van der Waals surface area contributed by atoms with Crippen molar-refractivity contribution >= 4 is 0 Å². The molecule has 88 valence electrons. The monoisotopic (exact) mass is 221 g/mol. The lowest BCUT2D eigenvalue weighted by atomic mass is 10.3. The summed E-state index contributed by atoms with van der Waals surface area (Å²) in [5, 5.41) is 3.27. The van der Waals surface area contributed by atoms with Crippen LogP contribution in [0.15, 0.2) is 10.9 Å². The van der Waals surface area contributed by atoms with E-state index in [0.29, 0.717) is 24.4 Å². The van der Waals surface area contributed by atoms with Gasteiger partial charge in [0.05, 0.1) is 5.69 Å². The summed E-state index contributed by atoms with van der Waals surface area (Å²) in [7, 11) is 0. The van der Waals surface area contributed by atoms with Crippen molar-refractivity contribution in [3.8, 4) is 0 Å². The summed E-state index contributed by atoms with van der Waals surface area (Å²) >= 11 is 0. The van der Waals surface area contributed by atoms with E-state index < -0.39 is 0 Å². The summed E-state index contributed by atoms with van der Waals surface area (Å²) in [6.07, 6.45) is 1.14. The third-order valence-electron chi connectivity index (χ3n) is 2.97. The van der Waals surface area contributed by atoms with Crippen LogP contribution in [0.1, 0.15) is 44.6 Å². The SMILES string of the molecule is CC(C)NCc1cc(=O)[nH]c(C2CC2C)n1. The molecule has 16 heavy (non-hydrogen) atoms. The predicted octanol–water partition coefficient (Wildman–Crippen LogP) is 1.39. The smallest absolute Gasteiger partial charge is 0.251 e. The van der Waals surface area contributed by atoms with E-state index in [1.54, 1.807) is 6.07 Å². The molecule has 4 heteroatoms. The third kappa shape index (κ3) is 2.70. The fourth-order valence-corrected chi connectivity index (χ4v) is 1.81. The summed E-state index contributed by atoms with van der Waals surface area (Å²) in [5.74, 6) is 1.99. The summed E-state index contributed by atoms with van der Waals surface area (Å²) in [6.45, 7) is 7.01. The molecule has 1 aromatic rings. The molecular formula is C12H19N3O. The Balaban J connectivity index is 2.13. The molecule has 2 unspecified atom stereocenters. The van der Waals surface area contributed by atoms with Gasteiger partial charge in [-0.05, 0) is 12.3 Å². The second kappa shape index (κ2) is 4.37. The molecule has 2 atom stereocenters. The van der Waals surface area contributed by atoms with Gasteiger partial charge < -0.3 is 10.3 Å². The number of hydrogen-bond donors (Lipinski definition) is 2. The molecule has 0 amide bonds. The Morgan fingerprint density at radius 1 is 1.62 bits per heavy atom. The maximum absolute atomic E-state index is 11.5. The van der Waals surface area contributed by atoms with Gasteiger partial charge in [-0.15, -0.1) is 0 Å². The highest BCUT2D eigenvalue weighted by Crippen LogP contribution is 2.44. The van der Waals surface area contributed by atoms with E-state index in [-0.39, 0.29) is 5.56 Å². The molecule has 0 spiro atoms. The minimum Gasteiger partial charge on any atom is -0.310 e. The number of rotatable bonds is 4. The lowest BCUT2D eigenvalue weighted by molar-refractivity contribution is 0.577. The summed E-state index contributed by atoms with van der Waals surface area (Å²) in [5.41, 5.74) is 0.802. The predicted molar refractivity (Wildman–Crippen MR) is 63.4 cm³/mol. The van der Waals surface area contributed by atoms with Crippen molar-refractivity contribution in [1.29, 1.82) is 0 Å². The van der Waals surface area contributed by atoms with Crippen molar-refractivity contribution in [2.75, 3.05) is 0 Å². The van der Waals surface area contributed by atoms with Crippen LogP contribution in [0.4, 0.5) is 0 Å². The van der Waals surface area contributed by atoms with Gasteiger partial charge in [0.15, 0.2) is 0 Å². The average molecular weight is 221 g/mol. The normalized spacial score (nSPS) is 23.8. The molecule has 1 aliphatic carbocycles. The van der Waals surface area contributed by atoms with Crippen LogP contribution in [0.5, 0.6) is 0 Å². The van der Waals surface area contributed by atoms with E-state index in [1.165, 1.54) is 0 Å². The van der Waals surface area contributed by atoms with Crippen LogP contribution >= 0.6 is 0 Å². The molecule has 1 aliphatic rings. The molecule has 1 heterocycles. The number of aromatic amines is 1. The van der Waals surface area contributed by atoms with Crippen LogP contribution in [0.3, 0.4) is 0 Å². The molecule has 1 fully saturated rings. The maximum Gasteiger partial charge on any atom is 0.251 e. The van der Waals surface area contributed by atoms with Crippen molar-refractivity contribution < 1.29 is 0 Å². The van der Waals surface area contributed by atoms with E-state index in [0.717, 1.165) is 17.9 Å². The lowest BCUT2D eigenvalue weighted by Crippen LogP contribution is -2.24. The minimum absolute atomic E-state index is 0.0374. The lowest BCUT2D eigenvalue weighted by Gasteiger charge is -2.08. The van der Waals surface area contributed by atoms with Gasteiger partial charge in [0.2, 0.25) is 0 Å². The number of aromatic nitrogens is 2. The van der Waals surface area contributed by atoms with Crippen molar-refractivity contribution in [3.05, 3.63) is 27.9 Å². The first-order chi connectivity index (χ1) is 7.56. The molecule has 4 nitrogen and oxygen atoms in total. The largest absolute Gasteiger partial charge is 0.310 e. The van der Waals surface area contributed by atoms with Crippen LogP contribution < -0.4 is 10.9 Å². The van der Waals surface area contributed by atoms with Gasteiger partial charge in [0, 0.05) is 24.6 Å². The van der Waals surface area contributed by atoms with Crippen LogP contribution in [-0.2, 0) is 6.54 Å². The summed E-state index contributed by atoms with van der Waals surface area (Å²) < 4.78 is 0. The van der Waals surface area contributed by atoms with Gasteiger partial charge >= 0.3 is 0 Å². The molecule has 0 bridgehead atoms. The van der Waals surface area contributed by atoms with Gasteiger partial charge in [-0.2, -0.15) is 0 Å². The fraction of sp³-hybridized carbons (Fsp3) is 0.667. The number of hydrogen-bond acceptors (Lipinski definition) is 3. The third-order valence-corrected chi connectivity index (χ3v) is 2.97. The van der Waals surface area contributed by atoms with Crippen LogP contribution in [0, 0.1) is 5.92 Å². The van der Waals surface area contributed by atoms with E-state index in [9.17, 15) is 4.79 Å². The van der Waals surface area contributed by atoms with Gasteiger partial charge in [0.1, 0.15) is 5.82 Å². The molecule has 1 aromatic heterocycles. The van der Waals surface area contributed by atoms with Crippen LogP contribution in [-0.4, -0.2) is 16.0 Å². The molecule has 0 saturated heterocycles. The van der Waals surface area contributed by atoms with E-state index in [1.807, 2.05) is 0 Å². The molecule has 1 saturated carbocycles. The van der Waals surface area contributed by atoms with E-state index in [2.05, 4.69) is 36.1 Å². The second-order valence-electron chi connectivity index (χ2n) is 4.98. The number of nitrogens with zero attached hydrogens (tertiary/aromatic N) is 1. The van der Waals surface area contributed by atoms with E-state index >= 15 is 0 Å². The summed E-state index contributed by atoms with van der Waals surface area (Å²) in [6, 6.07) is 1.98. The Morgan fingerprint density at radius 2 is 2.31 bits per heavy atom. The zero-order valence-corrected chi connectivity index (χ0v) is 10.1. The number of H-pyrrole nitrogens is 1. The van der Waals surface area contributed by atoms with Crippen LogP contribution in [0.2, 0.25) is 0 Å².